The molecule has 0 atom stereocenters. The van der Waals surface area contributed by atoms with Gasteiger partial charge in [0.15, 0.2) is 0 Å². The monoisotopic (exact) mass is 454 g/mol. The first-order chi connectivity index (χ1) is 16.3. The topological polar surface area (TPSA) is 6.48 Å². The first kappa shape index (κ1) is 24.7. The second-order valence-electron chi connectivity index (χ2n) is 10.8. The summed E-state index contributed by atoms with van der Waals surface area (Å²) in [5.41, 5.74) is 5.74. The van der Waals surface area contributed by atoms with E-state index >= 15 is 0 Å². The smallest absolute Gasteiger partial charge is 0.00247 e. The Labute approximate surface area is 206 Å². The van der Waals surface area contributed by atoms with Crippen molar-refractivity contribution < 1.29 is 0 Å². The summed E-state index contributed by atoms with van der Waals surface area (Å²) < 4.78 is 0. The standard InChI is InChI=1S/C32H42N2/c1-23-19-25(11-7-9-17-33(3)4)27-13-16-30-29(31(27)21-23)15-14-28-26(12-8-10-18-34(5)6)20-24(2)22-32(28)30/h13-16,19-22H,7-12,17-18H2,1-6H3. The van der Waals surface area contributed by atoms with E-state index in [4.69, 9.17) is 0 Å². The predicted molar refractivity (Wildman–Crippen MR) is 151 cm³/mol. The maximum atomic E-state index is 2.40. The molecule has 0 fully saturated rings. The van der Waals surface area contributed by atoms with Crippen LogP contribution in [0.3, 0.4) is 0 Å². The fraction of sp³-hybridized carbons (Fsp3) is 0.438. The molecule has 0 saturated carbocycles. The predicted octanol–water partition coefficient (Wildman–Crippen LogP) is 7.53. The Balaban J connectivity index is 1.73. The maximum Gasteiger partial charge on any atom is -0.00247 e. The molecule has 34 heavy (non-hydrogen) atoms. The molecule has 0 heterocycles. The molecule has 0 saturated heterocycles. The molecule has 4 aromatic carbocycles. The van der Waals surface area contributed by atoms with E-state index < -0.39 is 0 Å². The fourth-order valence-corrected chi connectivity index (χ4v) is 5.47. The summed E-state index contributed by atoms with van der Waals surface area (Å²) in [5.74, 6) is 0. The second kappa shape index (κ2) is 10.9. The van der Waals surface area contributed by atoms with Crippen LogP contribution >= 0.6 is 0 Å². The Morgan fingerprint density at radius 1 is 0.471 bits per heavy atom. The summed E-state index contributed by atoms with van der Waals surface area (Å²) in [6, 6.07) is 19.1. The Morgan fingerprint density at radius 2 is 0.853 bits per heavy atom. The van der Waals surface area contributed by atoms with E-state index in [1.165, 1.54) is 80.3 Å². The minimum atomic E-state index is 1.15. The molecule has 0 N–H and O–H groups in total. The molecule has 0 aliphatic rings. The van der Waals surface area contributed by atoms with E-state index in [1.807, 2.05) is 0 Å². The maximum absolute atomic E-state index is 2.40. The van der Waals surface area contributed by atoms with Crippen LogP contribution in [0.5, 0.6) is 0 Å². The Hall–Kier alpha value is -2.42. The molecular weight excluding hydrogens is 412 g/mol. The molecule has 0 amide bonds. The number of unbranched alkanes of at least 4 members (excludes halogenated alkanes) is 2. The number of hydrogen-bond acceptors (Lipinski definition) is 2. The van der Waals surface area contributed by atoms with Gasteiger partial charge in [0.1, 0.15) is 0 Å². The van der Waals surface area contributed by atoms with Crippen LogP contribution in [0.4, 0.5) is 0 Å². The molecule has 0 aromatic heterocycles. The van der Waals surface area contributed by atoms with Crippen LogP contribution in [0.15, 0.2) is 48.5 Å². The van der Waals surface area contributed by atoms with E-state index in [1.54, 1.807) is 0 Å². The van der Waals surface area contributed by atoms with Crippen LogP contribution in [-0.4, -0.2) is 51.1 Å². The zero-order valence-corrected chi connectivity index (χ0v) is 22.2. The highest BCUT2D eigenvalue weighted by atomic mass is 15.0. The fourth-order valence-electron chi connectivity index (χ4n) is 5.47. The summed E-state index contributed by atoms with van der Waals surface area (Å²) in [7, 11) is 8.65. The van der Waals surface area contributed by atoms with Crippen molar-refractivity contribution in [1.29, 1.82) is 0 Å². The summed E-state index contributed by atoms with van der Waals surface area (Å²) >= 11 is 0. The normalized spacial score (nSPS) is 12.1. The minimum Gasteiger partial charge on any atom is -0.309 e. The van der Waals surface area contributed by atoms with Crippen molar-refractivity contribution in [2.45, 2.75) is 52.4 Å². The van der Waals surface area contributed by atoms with E-state index in [-0.39, 0.29) is 0 Å². The molecule has 0 spiro atoms. The third-order valence-electron chi connectivity index (χ3n) is 7.13. The van der Waals surface area contributed by atoms with Gasteiger partial charge in [-0.3, -0.25) is 0 Å². The highest BCUT2D eigenvalue weighted by Crippen LogP contribution is 2.35. The first-order valence-corrected chi connectivity index (χ1v) is 13.0. The summed E-state index contributed by atoms with van der Waals surface area (Å²) in [5, 5.41) is 8.48. The van der Waals surface area contributed by atoms with Gasteiger partial charge in [0.05, 0.1) is 0 Å². The molecule has 0 unspecified atom stereocenters. The summed E-state index contributed by atoms with van der Waals surface area (Å²) in [4.78, 5) is 4.57. The van der Waals surface area contributed by atoms with Gasteiger partial charge in [0, 0.05) is 0 Å². The van der Waals surface area contributed by atoms with Crippen LogP contribution in [-0.2, 0) is 12.8 Å². The third kappa shape index (κ3) is 5.62. The molecule has 0 aliphatic carbocycles. The lowest BCUT2D eigenvalue weighted by molar-refractivity contribution is 0.394. The molecule has 0 bridgehead atoms. The van der Waals surface area contributed by atoms with Gasteiger partial charge in [0.2, 0.25) is 0 Å². The summed E-state index contributed by atoms with van der Waals surface area (Å²) in [6.45, 7) is 6.82. The number of nitrogens with zero attached hydrogens (tertiary/aromatic N) is 2. The Morgan fingerprint density at radius 3 is 1.24 bits per heavy atom. The summed E-state index contributed by atoms with van der Waals surface area (Å²) in [6.07, 6.45) is 7.28. The van der Waals surface area contributed by atoms with Crippen LogP contribution in [0.1, 0.15) is 47.9 Å². The molecule has 0 aliphatic heterocycles. The molecule has 180 valence electrons. The van der Waals surface area contributed by atoms with Crippen molar-refractivity contribution in [2.75, 3.05) is 41.3 Å². The van der Waals surface area contributed by atoms with Crippen LogP contribution < -0.4 is 0 Å². The molecule has 2 heteroatoms. The van der Waals surface area contributed by atoms with Gasteiger partial charge in [0.25, 0.3) is 0 Å². The van der Waals surface area contributed by atoms with E-state index in [0.29, 0.717) is 0 Å². The number of hydrogen-bond donors (Lipinski definition) is 0. The average molecular weight is 455 g/mol. The van der Waals surface area contributed by atoms with E-state index in [0.717, 1.165) is 25.9 Å². The van der Waals surface area contributed by atoms with Crippen molar-refractivity contribution in [1.82, 2.24) is 9.80 Å². The van der Waals surface area contributed by atoms with Crippen LogP contribution in [0.2, 0.25) is 0 Å². The number of rotatable bonds is 10. The number of fused-ring (bicyclic) bond motifs is 5. The van der Waals surface area contributed by atoms with Gasteiger partial charge in [-0.2, -0.15) is 0 Å². The molecule has 2 nitrogen and oxygen atoms in total. The molecular formula is C32H42N2. The molecule has 4 rings (SSSR count). The zero-order valence-electron chi connectivity index (χ0n) is 22.2. The SMILES string of the molecule is Cc1cc(CCCCN(C)C)c2ccc3c4cc(C)cc(CCCCN(C)C)c4ccc3c2c1. The first-order valence-electron chi connectivity index (χ1n) is 13.0. The van der Waals surface area contributed by atoms with Gasteiger partial charge in [-0.15, -0.1) is 0 Å². The zero-order chi connectivity index (χ0) is 24.2. The van der Waals surface area contributed by atoms with E-state index in [2.05, 4.69) is 100 Å². The van der Waals surface area contributed by atoms with Gasteiger partial charge < -0.3 is 9.80 Å². The molecule has 0 radical (unpaired) electrons. The van der Waals surface area contributed by atoms with Gasteiger partial charge in [-0.1, -0.05) is 59.7 Å². The number of aryl methyl sites for hydroxylation is 4. The van der Waals surface area contributed by atoms with Crippen molar-refractivity contribution >= 4 is 32.3 Å². The lowest BCUT2D eigenvalue weighted by Crippen LogP contribution is -2.12. The van der Waals surface area contributed by atoms with Gasteiger partial charge >= 0.3 is 0 Å². The lowest BCUT2D eigenvalue weighted by atomic mass is 9.90. The number of benzene rings is 4. The largest absolute Gasteiger partial charge is 0.309 e. The van der Waals surface area contributed by atoms with Gasteiger partial charge in [-0.25, -0.2) is 0 Å². The highest BCUT2D eigenvalue weighted by molar-refractivity contribution is 6.18. The highest BCUT2D eigenvalue weighted by Gasteiger charge is 2.11. The Kier molecular flexibility index (Phi) is 7.91. The van der Waals surface area contributed by atoms with Crippen molar-refractivity contribution in [3.05, 3.63) is 70.8 Å². The second-order valence-corrected chi connectivity index (χ2v) is 10.8. The quantitative estimate of drug-likeness (QED) is 0.180. The minimum absolute atomic E-state index is 1.15. The van der Waals surface area contributed by atoms with Gasteiger partial charge in [-0.05, 0) is 137 Å². The Bertz CT molecular complexity index is 1180. The van der Waals surface area contributed by atoms with E-state index in [9.17, 15) is 0 Å². The lowest BCUT2D eigenvalue weighted by Gasteiger charge is -2.15. The third-order valence-corrected chi connectivity index (χ3v) is 7.13. The van der Waals surface area contributed by atoms with Crippen molar-refractivity contribution in [3.8, 4) is 0 Å². The van der Waals surface area contributed by atoms with Crippen LogP contribution in [0, 0.1) is 13.8 Å². The average Bonchev–Trinajstić information content (AvgIpc) is 2.78. The van der Waals surface area contributed by atoms with Crippen molar-refractivity contribution in [3.63, 3.8) is 0 Å². The molecule has 4 aromatic rings. The van der Waals surface area contributed by atoms with Crippen molar-refractivity contribution in [2.24, 2.45) is 0 Å². The van der Waals surface area contributed by atoms with Crippen LogP contribution in [0.25, 0.3) is 32.3 Å².